The fourth-order valence-corrected chi connectivity index (χ4v) is 3.30. The van der Waals surface area contributed by atoms with Gasteiger partial charge in [0.2, 0.25) is 5.78 Å². The molecular formula is C25H21NO4. The van der Waals surface area contributed by atoms with Gasteiger partial charge in [-0.05, 0) is 62.4 Å². The van der Waals surface area contributed by atoms with Gasteiger partial charge in [0.25, 0.3) is 5.91 Å². The third-order valence-electron chi connectivity index (χ3n) is 5.07. The number of benzene rings is 3. The van der Waals surface area contributed by atoms with Gasteiger partial charge in [0.05, 0.1) is 7.11 Å². The normalized spacial score (nSPS) is 10.8. The Kier molecular flexibility index (Phi) is 5.11. The maximum Gasteiger partial charge on any atom is 0.255 e. The molecule has 0 aliphatic heterocycles. The van der Waals surface area contributed by atoms with Gasteiger partial charge >= 0.3 is 0 Å². The molecule has 5 nitrogen and oxygen atoms in total. The lowest BCUT2D eigenvalue weighted by molar-refractivity contribution is 0.101. The highest BCUT2D eigenvalue weighted by Gasteiger charge is 2.20. The minimum atomic E-state index is -0.202. The number of hydrogen-bond donors (Lipinski definition) is 1. The van der Waals surface area contributed by atoms with Crippen molar-refractivity contribution in [1.29, 1.82) is 0 Å². The largest absolute Gasteiger partial charge is 0.497 e. The Balaban J connectivity index is 1.61. The number of ether oxygens (including phenoxy) is 1. The van der Waals surface area contributed by atoms with Gasteiger partial charge in [-0.1, -0.05) is 17.7 Å². The SMILES string of the molecule is COc1ccc(C(=O)c2oc3cc(NC(=O)c4ccc(C)cc4)ccc3c2C)cc1. The number of fused-ring (bicyclic) bond motifs is 1. The molecule has 0 spiro atoms. The number of nitrogens with one attached hydrogen (secondary N) is 1. The molecule has 0 saturated carbocycles. The van der Waals surface area contributed by atoms with Gasteiger partial charge in [-0.3, -0.25) is 9.59 Å². The van der Waals surface area contributed by atoms with Gasteiger partial charge < -0.3 is 14.5 Å². The average Bonchev–Trinajstić information content (AvgIpc) is 3.09. The summed E-state index contributed by atoms with van der Waals surface area (Å²) in [6, 6.07) is 19.6. The second-order valence-electron chi connectivity index (χ2n) is 7.14. The highest BCUT2D eigenvalue weighted by atomic mass is 16.5. The summed E-state index contributed by atoms with van der Waals surface area (Å²) in [6.45, 7) is 3.83. The third kappa shape index (κ3) is 3.70. The van der Waals surface area contributed by atoms with Gasteiger partial charge in [0.1, 0.15) is 11.3 Å². The van der Waals surface area contributed by atoms with Crippen molar-refractivity contribution >= 4 is 28.3 Å². The Morgan fingerprint density at radius 2 is 1.53 bits per heavy atom. The minimum absolute atomic E-state index is 0.198. The quantitative estimate of drug-likeness (QED) is 0.447. The van der Waals surface area contributed by atoms with E-state index in [0.717, 1.165) is 16.5 Å². The number of carbonyl (C=O) groups excluding carboxylic acids is 2. The van der Waals surface area contributed by atoms with Crippen molar-refractivity contribution in [2.24, 2.45) is 0 Å². The van der Waals surface area contributed by atoms with Gasteiger partial charge in [0, 0.05) is 33.8 Å². The first-order valence-corrected chi connectivity index (χ1v) is 9.56. The van der Waals surface area contributed by atoms with Crippen molar-refractivity contribution in [2.75, 3.05) is 12.4 Å². The first-order chi connectivity index (χ1) is 14.5. The Morgan fingerprint density at radius 1 is 0.867 bits per heavy atom. The van der Waals surface area contributed by atoms with Crippen molar-refractivity contribution in [3.05, 3.63) is 94.7 Å². The van der Waals surface area contributed by atoms with Gasteiger partial charge in [-0.15, -0.1) is 0 Å². The zero-order valence-corrected chi connectivity index (χ0v) is 17.0. The third-order valence-corrected chi connectivity index (χ3v) is 5.07. The molecule has 1 heterocycles. The summed E-state index contributed by atoms with van der Waals surface area (Å²) in [4.78, 5) is 25.4. The van der Waals surface area contributed by atoms with E-state index in [1.165, 1.54) is 0 Å². The molecule has 150 valence electrons. The molecule has 1 amide bonds. The van der Waals surface area contributed by atoms with Gasteiger partial charge in [-0.2, -0.15) is 0 Å². The Hall–Kier alpha value is -3.86. The van der Waals surface area contributed by atoms with E-state index in [1.807, 2.05) is 32.0 Å². The summed E-state index contributed by atoms with van der Waals surface area (Å²) in [5.41, 5.74) is 4.10. The van der Waals surface area contributed by atoms with Crippen LogP contribution in [0.2, 0.25) is 0 Å². The predicted molar refractivity (Wildman–Crippen MR) is 117 cm³/mol. The molecule has 0 atom stereocenters. The predicted octanol–water partition coefficient (Wildman–Crippen LogP) is 5.54. The monoisotopic (exact) mass is 399 g/mol. The minimum Gasteiger partial charge on any atom is -0.497 e. The van der Waals surface area contributed by atoms with Crippen LogP contribution in [-0.4, -0.2) is 18.8 Å². The summed E-state index contributed by atoms with van der Waals surface area (Å²) in [5.74, 6) is 0.572. The highest BCUT2D eigenvalue weighted by Crippen LogP contribution is 2.30. The number of carbonyl (C=O) groups is 2. The zero-order chi connectivity index (χ0) is 21.3. The van der Waals surface area contributed by atoms with Crippen molar-refractivity contribution in [2.45, 2.75) is 13.8 Å². The van der Waals surface area contributed by atoms with Crippen molar-refractivity contribution < 1.29 is 18.7 Å². The van der Waals surface area contributed by atoms with E-state index >= 15 is 0 Å². The van der Waals surface area contributed by atoms with Crippen LogP contribution in [0.3, 0.4) is 0 Å². The fourth-order valence-electron chi connectivity index (χ4n) is 3.30. The van der Waals surface area contributed by atoms with Crippen LogP contribution in [0.5, 0.6) is 5.75 Å². The molecule has 1 N–H and O–H groups in total. The molecule has 0 aliphatic carbocycles. The molecule has 4 rings (SSSR count). The smallest absolute Gasteiger partial charge is 0.255 e. The molecule has 0 saturated heterocycles. The van der Waals surface area contributed by atoms with Crippen molar-refractivity contribution in [3.63, 3.8) is 0 Å². The number of amides is 1. The molecule has 0 bridgehead atoms. The number of hydrogen-bond acceptors (Lipinski definition) is 4. The standard InChI is InChI=1S/C25H21NO4/c1-15-4-6-18(7-5-15)25(28)26-19-10-13-21-16(2)24(30-22(21)14-19)23(27)17-8-11-20(29-3)12-9-17/h4-14H,1-3H3,(H,26,28). The highest BCUT2D eigenvalue weighted by molar-refractivity contribution is 6.11. The lowest BCUT2D eigenvalue weighted by atomic mass is 10.0. The molecule has 30 heavy (non-hydrogen) atoms. The first kappa shape index (κ1) is 19.5. The Labute approximate surface area is 174 Å². The van der Waals surface area contributed by atoms with E-state index in [4.69, 9.17) is 9.15 Å². The molecule has 0 radical (unpaired) electrons. The summed E-state index contributed by atoms with van der Waals surface area (Å²) in [6.07, 6.45) is 0. The van der Waals surface area contributed by atoms with Crippen LogP contribution >= 0.6 is 0 Å². The summed E-state index contributed by atoms with van der Waals surface area (Å²) < 4.78 is 11.0. The van der Waals surface area contributed by atoms with E-state index in [1.54, 1.807) is 55.6 Å². The van der Waals surface area contributed by atoms with Crippen LogP contribution in [0.4, 0.5) is 5.69 Å². The van der Waals surface area contributed by atoms with Crippen LogP contribution in [0, 0.1) is 13.8 Å². The number of methoxy groups -OCH3 is 1. The van der Waals surface area contributed by atoms with Crippen LogP contribution in [0.25, 0.3) is 11.0 Å². The van der Waals surface area contributed by atoms with E-state index in [-0.39, 0.29) is 17.5 Å². The topological polar surface area (TPSA) is 68.5 Å². The lowest BCUT2D eigenvalue weighted by Gasteiger charge is -2.05. The van der Waals surface area contributed by atoms with E-state index in [2.05, 4.69) is 5.32 Å². The summed E-state index contributed by atoms with van der Waals surface area (Å²) in [7, 11) is 1.58. The van der Waals surface area contributed by atoms with Crippen LogP contribution in [-0.2, 0) is 0 Å². The van der Waals surface area contributed by atoms with Crippen LogP contribution in [0.1, 0.15) is 37.6 Å². The number of rotatable bonds is 5. The molecule has 3 aromatic carbocycles. The molecule has 5 heteroatoms. The average molecular weight is 399 g/mol. The second-order valence-corrected chi connectivity index (χ2v) is 7.14. The number of anilines is 1. The Bertz CT molecular complexity index is 1230. The molecule has 0 fully saturated rings. The van der Waals surface area contributed by atoms with Crippen LogP contribution in [0.15, 0.2) is 71.1 Å². The number of ketones is 1. The van der Waals surface area contributed by atoms with E-state index < -0.39 is 0 Å². The molecular weight excluding hydrogens is 378 g/mol. The summed E-state index contributed by atoms with van der Waals surface area (Å²) >= 11 is 0. The maximum absolute atomic E-state index is 12.9. The van der Waals surface area contributed by atoms with E-state index in [0.29, 0.717) is 28.1 Å². The molecule has 0 aliphatic rings. The molecule has 4 aromatic rings. The number of aryl methyl sites for hydroxylation is 2. The molecule has 0 unspecified atom stereocenters. The fraction of sp³-hybridized carbons (Fsp3) is 0.120. The van der Waals surface area contributed by atoms with Gasteiger partial charge in [0.15, 0.2) is 5.76 Å². The lowest BCUT2D eigenvalue weighted by Crippen LogP contribution is -2.11. The van der Waals surface area contributed by atoms with Gasteiger partial charge in [-0.25, -0.2) is 0 Å². The molecule has 1 aromatic heterocycles. The summed E-state index contributed by atoms with van der Waals surface area (Å²) in [5, 5.41) is 3.71. The first-order valence-electron chi connectivity index (χ1n) is 9.56. The second kappa shape index (κ2) is 7.87. The Morgan fingerprint density at radius 3 is 2.20 bits per heavy atom. The maximum atomic E-state index is 12.9. The zero-order valence-electron chi connectivity index (χ0n) is 17.0. The van der Waals surface area contributed by atoms with Crippen molar-refractivity contribution in [1.82, 2.24) is 0 Å². The van der Waals surface area contributed by atoms with Crippen molar-refractivity contribution in [3.8, 4) is 5.75 Å². The van der Waals surface area contributed by atoms with E-state index in [9.17, 15) is 9.59 Å². The van der Waals surface area contributed by atoms with Crippen LogP contribution < -0.4 is 10.1 Å². The number of furan rings is 1.